The van der Waals surface area contributed by atoms with Gasteiger partial charge in [0, 0.05) is 13.1 Å². The van der Waals surface area contributed by atoms with E-state index in [0.29, 0.717) is 12.1 Å². The smallest absolute Gasteiger partial charge is 0.308 e. The van der Waals surface area contributed by atoms with E-state index in [-0.39, 0.29) is 18.9 Å². The predicted octanol–water partition coefficient (Wildman–Crippen LogP) is 1.94. The van der Waals surface area contributed by atoms with E-state index in [1.807, 2.05) is 0 Å². The van der Waals surface area contributed by atoms with E-state index in [9.17, 15) is 14.0 Å². The molecule has 5 heteroatoms. The second-order valence-electron chi connectivity index (χ2n) is 4.44. The van der Waals surface area contributed by atoms with Crippen LogP contribution in [0.1, 0.15) is 19.4 Å². The average molecular weight is 267 g/mol. The molecule has 1 amide bonds. The second kappa shape index (κ2) is 6.87. The monoisotopic (exact) mass is 267 g/mol. The number of carbonyl (C=O) groups excluding carboxylic acids is 1. The molecule has 1 rings (SSSR count). The van der Waals surface area contributed by atoms with Gasteiger partial charge in [0.15, 0.2) is 0 Å². The molecule has 0 saturated heterocycles. The Morgan fingerprint density at radius 3 is 2.53 bits per heavy atom. The van der Waals surface area contributed by atoms with Crippen molar-refractivity contribution in [2.75, 3.05) is 13.1 Å². The standard InChI is InChI=1S/C14H18FNO3/c1-3-16(9-10(2)14(18)19)13(17)8-11-6-4-5-7-12(11)15/h4-7,10H,3,8-9H2,1-2H3,(H,18,19). The van der Waals surface area contributed by atoms with Gasteiger partial charge in [-0.25, -0.2) is 4.39 Å². The molecule has 0 heterocycles. The summed E-state index contributed by atoms with van der Waals surface area (Å²) in [6.07, 6.45) is -0.0488. The molecular formula is C14H18FNO3. The number of hydrogen-bond acceptors (Lipinski definition) is 2. The third kappa shape index (κ3) is 4.35. The first kappa shape index (κ1) is 15.1. The fraction of sp³-hybridized carbons (Fsp3) is 0.429. The minimum atomic E-state index is -0.947. The molecule has 0 aliphatic heterocycles. The first-order chi connectivity index (χ1) is 8.95. The Bertz CT molecular complexity index is 462. The van der Waals surface area contributed by atoms with Crippen molar-refractivity contribution in [1.82, 2.24) is 4.90 Å². The van der Waals surface area contributed by atoms with Gasteiger partial charge in [-0.1, -0.05) is 25.1 Å². The van der Waals surface area contributed by atoms with Crippen LogP contribution in [0.4, 0.5) is 4.39 Å². The van der Waals surface area contributed by atoms with Crippen LogP contribution in [0, 0.1) is 11.7 Å². The number of carboxylic acid groups (broad SMARTS) is 1. The Balaban J connectivity index is 2.69. The molecule has 0 fully saturated rings. The Kier molecular flexibility index (Phi) is 5.48. The lowest BCUT2D eigenvalue weighted by Crippen LogP contribution is -2.37. The molecule has 1 aromatic carbocycles. The number of likely N-dealkylation sites (N-methyl/N-ethyl adjacent to an activating group) is 1. The third-order valence-corrected chi connectivity index (χ3v) is 2.95. The van der Waals surface area contributed by atoms with Crippen molar-refractivity contribution in [2.24, 2.45) is 5.92 Å². The first-order valence-corrected chi connectivity index (χ1v) is 6.19. The van der Waals surface area contributed by atoms with E-state index in [2.05, 4.69) is 0 Å². The topological polar surface area (TPSA) is 57.6 Å². The SMILES string of the molecule is CCN(CC(C)C(=O)O)C(=O)Cc1ccccc1F. The molecule has 19 heavy (non-hydrogen) atoms. The van der Waals surface area contributed by atoms with Crippen LogP contribution >= 0.6 is 0 Å². The number of aliphatic carboxylic acids is 1. The Morgan fingerprint density at radius 2 is 2.00 bits per heavy atom. The van der Waals surface area contributed by atoms with E-state index < -0.39 is 17.7 Å². The van der Waals surface area contributed by atoms with Crippen molar-refractivity contribution in [3.63, 3.8) is 0 Å². The summed E-state index contributed by atoms with van der Waals surface area (Å²) >= 11 is 0. The molecule has 4 nitrogen and oxygen atoms in total. The normalized spacial score (nSPS) is 11.9. The van der Waals surface area contributed by atoms with Crippen molar-refractivity contribution in [2.45, 2.75) is 20.3 Å². The van der Waals surface area contributed by atoms with Gasteiger partial charge in [-0.2, -0.15) is 0 Å². The van der Waals surface area contributed by atoms with E-state index in [0.717, 1.165) is 0 Å². The van der Waals surface area contributed by atoms with Crippen LogP contribution in [-0.2, 0) is 16.0 Å². The molecule has 1 aromatic rings. The van der Waals surface area contributed by atoms with Crippen LogP contribution in [0.15, 0.2) is 24.3 Å². The molecule has 0 spiro atoms. The number of benzene rings is 1. The van der Waals surface area contributed by atoms with Gasteiger partial charge in [0.05, 0.1) is 12.3 Å². The van der Waals surface area contributed by atoms with Crippen LogP contribution in [-0.4, -0.2) is 35.0 Å². The fourth-order valence-electron chi connectivity index (χ4n) is 1.73. The highest BCUT2D eigenvalue weighted by Gasteiger charge is 2.20. The number of rotatable bonds is 6. The molecule has 1 atom stereocenters. The molecule has 0 aliphatic carbocycles. The maximum absolute atomic E-state index is 13.4. The molecule has 0 bridgehead atoms. The number of carbonyl (C=O) groups is 2. The van der Waals surface area contributed by atoms with Crippen LogP contribution in [0.3, 0.4) is 0 Å². The minimum Gasteiger partial charge on any atom is -0.481 e. The summed E-state index contributed by atoms with van der Waals surface area (Å²) in [5, 5.41) is 8.84. The van der Waals surface area contributed by atoms with Crippen molar-refractivity contribution < 1.29 is 19.1 Å². The number of amides is 1. The van der Waals surface area contributed by atoms with Gasteiger partial charge in [-0.3, -0.25) is 9.59 Å². The van der Waals surface area contributed by atoms with Crippen molar-refractivity contribution in [3.05, 3.63) is 35.6 Å². The number of carboxylic acids is 1. The summed E-state index contributed by atoms with van der Waals surface area (Å²) in [7, 11) is 0. The lowest BCUT2D eigenvalue weighted by molar-refractivity contribution is -0.142. The van der Waals surface area contributed by atoms with E-state index in [1.165, 1.54) is 11.0 Å². The van der Waals surface area contributed by atoms with Crippen LogP contribution in [0.25, 0.3) is 0 Å². The fourth-order valence-corrected chi connectivity index (χ4v) is 1.73. The zero-order valence-electron chi connectivity index (χ0n) is 11.1. The summed E-state index contributed by atoms with van der Waals surface area (Å²) in [5.74, 6) is -2.26. The quantitative estimate of drug-likeness (QED) is 0.857. The Morgan fingerprint density at radius 1 is 1.37 bits per heavy atom. The van der Waals surface area contributed by atoms with E-state index >= 15 is 0 Å². The van der Waals surface area contributed by atoms with Gasteiger partial charge in [-0.15, -0.1) is 0 Å². The number of hydrogen-bond donors (Lipinski definition) is 1. The highest BCUT2D eigenvalue weighted by atomic mass is 19.1. The first-order valence-electron chi connectivity index (χ1n) is 6.19. The molecule has 0 aromatic heterocycles. The van der Waals surface area contributed by atoms with Gasteiger partial charge < -0.3 is 10.0 Å². The Labute approximate surface area is 111 Å². The lowest BCUT2D eigenvalue weighted by Gasteiger charge is -2.23. The van der Waals surface area contributed by atoms with Crippen LogP contribution < -0.4 is 0 Å². The van der Waals surface area contributed by atoms with E-state index in [4.69, 9.17) is 5.11 Å². The van der Waals surface area contributed by atoms with Gasteiger partial charge >= 0.3 is 5.97 Å². The predicted molar refractivity (Wildman–Crippen MR) is 69.2 cm³/mol. The van der Waals surface area contributed by atoms with Gasteiger partial charge in [0.2, 0.25) is 5.91 Å². The molecule has 0 saturated carbocycles. The van der Waals surface area contributed by atoms with Crippen molar-refractivity contribution in [3.8, 4) is 0 Å². The summed E-state index contributed by atoms with van der Waals surface area (Å²) in [5.41, 5.74) is 0.328. The molecule has 0 aliphatic rings. The molecule has 1 unspecified atom stereocenters. The second-order valence-corrected chi connectivity index (χ2v) is 4.44. The van der Waals surface area contributed by atoms with Gasteiger partial charge in [0.1, 0.15) is 5.82 Å². The van der Waals surface area contributed by atoms with Crippen LogP contribution in [0.5, 0.6) is 0 Å². The van der Waals surface area contributed by atoms with Gasteiger partial charge in [0.25, 0.3) is 0 Å². The average Bonchev–Trinajstić information content (AvgIpc) is 2.38. The van der Waals surface area contributed by atoms with E-state index in [1.54, 1.807) is 32.0 Å². The maximum atomic E-state index is 13.4. The molecular weight excluding hydrogens is 249 g/mol. The molecule has 0 radical (unpaired) electrons. The Hall–Kier alpha value is -1.91. The van der Waals surface area contributed by atoms with Gasteiger partial charge in [-0.05, 0) is 18.6 Å². The summed E-state index contributed by atoms with van der Waals surface area (Å²) in [6, 6.07) is 6.09. The van der Waals surface area contributed by atoms with Crippen molar-refractivity contribution >= 4 is 11.9 Å². The number of halogens is 1. The lowest BCUT2D eigenvalue weighted by atomic mass is 10.1. The maximum Gasteiger partial charge on any atom is 0.308 e. The zero-order valence-corrected chi connectivity index (χ0v) is 11.1. The largest absolute Gasteiger partial charge is 0.481 e. The summed E-state index contributed by atoms with van der Waals surface area (Å²) in [4.78, 5) is 24.2. The highest BCUT2D eigenvalue weighted by molar-refractivity contribution is 5.79. The number of nitrogens with zero attached hydrogens (tertiary/aromatic N) is 1. The minimum absolute atomic E-state index is 0.0488. The molecule has 104 valence electrons. The third-order valence-electron chi connectivity index (χ3n) is 2.95. The molecule has 1 N–H and O–H groups in total. The summed E-state index contributed by atoms with van der Waals surface area (Å²) < 4.78 is 13.4. The zero-order chi connectivity index (χ0) is 14.4. The summed E-state index contributed by atoms with van der Waals surface area (Å²) in [6.45, 7) is 3.86. The highest BCUT2D eigenvalue weighted by Crippen LogP contribution is 2.10. The van der Waals surface area contributed by atoms with Crippen LogP contribution in [0.2, 0.25) is 0 Å². The van der Waals surface area contributed by atoms with Crippen molar-refractivity contribution in [1.29, 1.82) is 0 Å².